The van der Waals surface area contributed by atoms with Crippen LogP contribution in [0, 0.1) is 6.92 Å². The molecule has 3 heteroatoms. The highest BCUT2D eigenvalue weighted by Crippen LogP contribution is 2.26. The second-order valence-corrected chi connectivity index (χ2v) is 4.49. The van der Waals surface area contributed by atoms with Gasteiger partial charge in [-0.05, 0) is 48.3 Å². The topological polar surface area (TPSA) is 21.3 Å². The van der Waals surface area contributed by atoms with Crippen LogP contribution in [0.1, 0.15) is 19.4 Å². The zero-order chi connectivity index (χ0) is 11.3. The highest BCUT2D eigenvalue weighted by atomic mass is 79.9. The number of para-hydroxylation sites is 1. The van der Waals surface area contributed by atoms with Gasteiger partial charge in [0.1, 0.15) is 0 Å². The molecule has 0 aliphatic rings. The number of anilines is 1. The van der Waals surface area contributed by atoms with E-state index in [0.717, 1.165) is 23.4 Å². The summed E-state index contributed by atoms with van der Waals surface area (Å²) >= 11 is 3.54. The Morgan fingerprint density at radius 1 is 1.47 bits per heavy atom. The lowest BCUT2D eigenvalue weighted by Crippen LogP contribution is -2.22. The van der Waals surface area contributed by atoms with Crippen LogP contribution in [0.25, 0.3) is 0 Å². The van der Waals surface area contributed by atoms with Crippen LogP contribution in [0.2, 0.25) is 0 Å². The van der Waals surface area contributed by atoms with E-state index >= 15 is 0 Å². The number of nitrogens with one attached hydrogen (secondary N) is 1. The molecule has 1 N–H and O–H groups in total. The van der Waals surface area contributed by atoms with E-state index in [1.54, 1.807) is 0 Å². The Hall–Kier alpha value is -0.540. The second kappa shape index (κ2) is 6.13. The molecule has 0 aromatic heterocycles. The van der Waals surface area contributed by atoms with Crippen molar-refractivity contribution in [2.45, 2.75) is 26.8 Å². The summed E-state index contributed by atoms with van der Waals surface area (Å²) in [5.41, 5.74) is 2.40. The summed E-state index contributed by atoms with van der Waals surface area (Å²) in [6.45, 7) is 7.73. The fourth-order valence-electron chi connectivity index (χ4n) is 1.40. The molecule has 1 aromatic carbocycles. The van der Waals surface area contributed by atoms with Crippen molar-refractivity contribution in [1.82, 2.24) is 0 Å². The van der Waals surface area contributed by atoms with Crippen molar-refractivity contribution in [3.8, 4) is 0 Å². The molecule has 0 radical (unpaired) electrons. The van der Waals surface area contributed by atoms with Crippen molar-refractivity contribution in [1.29, 1.82) is 0 Å². The van der Waals surface area contributed by atoms with Crippen LogP contribution in [0.3, 0.4) is 0 Å². The van der Waals surface area contributed by atoms with Crippen molar-refractivity contribution in [3.05, 3.63) is 28.2 Å². The Bertz CT molecular complexity index is 294. The van der Waals surface area contributed by atoms with Crippen LogP contribution in [0.4, 0.5) is 5.69 Å². The van der Waals surface area contributed by atoms with Gasteiger partial charge >= 0.3 is 0 Å². The van der Waals surface area contributed by atoms with Gasteiger partial charge in [0.15, 0.2) is 0 Å². The molecule has 0 heterocycles. The molecule has 0 amide bonds. The van der Waals surface area contributed by atoms with Gasteiger partial charge in [0.2, 0.25) is 0 Å². The molecule has 1 unspecified atom stereocenters. The molecular weight excluding hydrogens is 254 g/mol. The lowest BCUT2D eigenvalue weighted by Gasteiger charge is -2.18. The predicted octanol–water partition coefficient (Wildman–Crippen LogP) is 3.59. The summed E-state index contributed by atoms with van der Waals surface area (Å²) in [5.74, 6) is 0. The highest BCUT2D eigenvalue weighted by molar-refractivity contribution is 9.10. The van der Waals surface area contributed by atoms with Crippen molar-refractivity contribution < 1.29 is 4.74 Å². The standard InChI is InChI=1S/C12H18BrNO/c1-4-15-8-10(3)14-12-9(2)6-5-7-11(12)13/h5-7,10,14H,4,8H2,1-3H3. The minimum atomic E-state index is 0.322. The average Bonchev–Trinajstić information content (AvgIpc) is 2.21. The van der Waals surface area contributed by atoms with Crippen molar-refractivity contribution in [2.75, 3.05) is 18.5 Å². The normalized spacial score (nSPS) is 12.5. The molecule has 0 bridgehead atoms. The summed E-state index contributed by atoms with van der Waals surface area (Å²) in [7, 11) is 0. The Balaban J connectivity index is 2.63. The van der Waals surface area contributed by atoms with E-state index in [9.17, 15) is 0 Å². The first kappa shape index (κ1) is 12.5. The van der Waals surface area contributed by atoms with E-state index in [2.05, 4.69) is 41.2 Å². The van der Waals surface area contributed by atoms with Crippen molar-refractivity contribution in [2.24, 2.45) is 0 Å². The zero-order valence-corrected chi connectivity index (χ0v) is 11.1. The third kappa shape index (κ3) is 3.84. The summed E-state index contributed by atoms with van der Waals surface area (Å²) in [6, 6.07) is 6.50. The molecular formula is C12H18BrNO. The second-order valence-electron chi connectivity index (χ2n) is 3.64. The van der Waals surface area contributed by atoms with Crippen molar-refractivity contribution >= 4 is 21.6 Å². The molecule has 2 nitrogen and oxygen atoms in total. The minimum absolute atomic E-state index is 0.322. The summed E-state index contributed by atoms with van der Waals surface area (Å²) in [4.78, 5) is 0. The fourth-order valence-corrected chi connectivity index (χ4v) is 1.98. The van der Waals surface area contributed by atoms with Crippen LogP contribution in [-0.4, -0.2) is 19.3 Å². The SMILES string of the molecule is CCOCC(C)Nc1c(C)cccc1Br. The van der Waals surface area contributed by atoms with Gasteiger partial charge in [0.25, 0.3) is 0 Å². The van der Waals surface area contributed by atoms with Crippen LogP contribution in [0.5, 0.6) is 0 Å². The van der Waals surface area contributed by atoms with E-state index in [-0.39, 0.29) is 0 Å². The third-order valence-corrected chi connectivity index (χ3v) is 2.85. The molecule has 0 saturated heterocycles. The monoisotopic (exact) mass is 271 g/mol. The van der Waals surface area contributed by atoms with Crippen LogP contribution in [0.15, 0.2) is 22.7 Å². The average molecular weight is 272 g/mol. The number of benzene rings is 1. The number of ether oxygens (including phenoxy) is 1. The molecule has 1 atom stereocenters. The first-order valence-corrected chi connectivity index (χ1v) is 6.03. The van der Waals surface area contributed by atoms with E-state index in [0.29, 0.717) is 6.04 Å². The zero-order valence-electron chi connectivity index (χ0n) is 9.51. The Morgan fingerprint density at radius 3 is 2.80 bits per heavy atom. The third-order valence-electron chi connectivity index (χ3n) is 2.18. The number of aryl methyl sites for hydroxylation is 1. The number of rotatable bonds is 5. The van der Waals surface area contributed by atoms with Gasteiger partial charge in [-0.25, -0.2) is 0 Å². The summed E-state index contributed by atoms with van der Waals surface area (Å²) in [5, 5.41) is 3.44. The molecule has 0 saturated carbocycles. The summed E-state index contributed by atoms with van der Waals surface area (Å²) < 4.78 is 6.47. The van der Waals surface area contributed by atoms with Crippen LogP contribution < -0.4 is 5.32 Å². The van der Waals surface area contributed by atoms with Gasteiger partial charge in [0, 0.05) is 17.1 Å². The van der Waals surface area contributed by atoms with E-state index in [1.165, 1.54) is 5.56 Å². The van der Waals surface area contributed by atoms with Gasteiger partial charge < -0.3 is 10.1 Å². The molecule has 1 aromatic rings. The highest BCUT2D eigenvalue weighted by Gasteiger charge is 2.06. The van der Waals surface area contributed by atoms with Gasteiger partial charge in [-0.2, -0.15) is 0 Å². The Labute approximate surface area is 100 Å². The van der Waals surface area contributed by atoms with Gasteiger partial charge in [0.05, 0.1) is 12.3 Å². The lowest BCUT2D eigenvalue weighted by molar-refractivity contribution is 0.141. The van der Waals surface area contributed by atoms with E-state index < -0.39 is 0 Å². The lowest BCUT2D eigenvalue weighted by atomic mass is 10.2. The van der Waals surface area contributed by atoms with Crippen LogP contribution >= 0.6 is 15.9 Å². The molecule has 0 fully saturated rings. The number of hydrogen-bond donors (Lipinski definition) is 1. The summed E-state index contributed by atoms with van der Waals surface area (Å²) in [6.07, 6.45) is 0. The molecule has 84 valence electrons. The molecule has 1 rings (SSSR count). The minimum Gasteiger partial charge on any atom is -0.380 e. The fraction of sp³-hybridized carbons (Fsp3) is 0.500. The maximum absolute atomic E-state index is 5.37. The van der Waals surface area contributed by atoms with Crippen LogP contribution in [-0.2, 0) is 4.74 Å². The quantitative estimate of drug-likeness (QED) is 0.884. The smallest absolute Gasteiger partial charge is 0.0664 e. The maximum atomic E-state index is 5.37. The van der Waals surface area contributed by atoms with Gasteiger partial charge in [-0.1, -0.05) is 12.1 Å². The Kier molecular flexibility index (Phi) is 5.12. The Morgan fingerprint density at radius 2 is 2.20 bits per heavy atom. The first-order valence-electron chi connectivity index (χ1n) is 5.24. The number of hydrogen-bond acceptors (Lipinski definition) is 2. The molecule has 0 aliphatic carbocycles. The number of halogens is 1. The van der Waals surface area contributed by atoms with E-state index in [1.807, 2.05) is 19.1 Å². The van der Waals surface area contributed by atoms with Gasteiger partial charge in [-0.15, -0.1) is 0 Å². The molecule has 15 heavy (non-hydrogen) atoms. The van der Waals surface area contributed by atoms with Gasteiger partial charge in [-0.3, -0.25) is 0 Å². The van der Waals surface area contributed by atoms with Crippen molar-refractivity contribution in [3.63, 3.8) is 0 Å². The largest absolute Gasteiger partial charge is 0.380 e. The predicted molar refractivity (Wildman–Crippen MR) is 68.5 cm³/mol. The first-order chi connectivity index (χ1) is 7.15. The molecule has 0 spiro atoms. The van der Waals surface area contributed by atoms with E-state index in [4.69, 9.17) is 4.74 Å². The molecule has 0 aliphatic heterocycles. The maximum Gasteiger partial charge on any atom is 0.0664 e.